The molecule has 2 heterocycles. The second-order valence-corrected chi connectivity index (χ2v) is 6.37. The van der Waals surface area contributed by atoms with Gasteiger partial charge in [-0.15, -0.1) is 0 Å². The van der Waals surface area contributed by atoms with Crippen molar-refractivity contribution in [3.8, 4) is 0 Å². The Balaban J connectivity index is 2.24. The van der Waals surface area contributed by atoms with E-state index < -0.39 is 22.2 Å². The molecule has 0 N–H and O–H groups in total. The maximum Gasteiger partial charge on any atom is 0.261 e. The zero-order valence-corrected chi connectivity index (χ0v) is 14.3. The molecule has 0 spiro atoms. The van der Waals surface area contributed by atoms with Crippen molar-refractivity contribution in [1.82, 2.24) is 9.13 Å². The topological polar surface area (TPSA) is 112 Å². The minimum atomic E-state index is -0.587. The highest BCUT2D eigenvalue weighted by atomic mass is 16.2. The van der Waals surface area contributed by atoms with E-state index >= 15 is 0 Å². The number of ketones is 2. The summed E-state index contributed by atoms with van der Waals surface area (Å²) < 4.78 is 1.90. The fourth-order valence-electron chi connectivity index (χ4n) is 3.02. The van der Waals surface area contributed by atoms with Crippen molar-refractivity contribution in [2.24, 2.45) is 0 Å². The van der Waals surface area contributed by atoms with Gasteiger partial charge in [-0.25, -0.2) is 0 Å². The highest BCUT2D eigenvalue weighted by molar-refractivity contribution is 5.97. The van der Waals surface area contributed by atoms with E-state index in [9.17, 15) is 28.8 Å². The monoisotopic (exact) mass is 356 g/mol. The van der Waals surface area contributed by atoms with E-state index in [-0.39, 0.29) is 59.0 Å². The summed E-state index contributed by atoms with van der Waals surface area (Å²) in [6, 6.07) is 2.51. The van der Waals surface area contributed by atoms with Gasteiger partial charge in [0.1, 0.15) is 11.6 Å². The lowest BCUT2D eigenvalue weighted by atomic mass is 10.1. The van der Waals surface area contributed by atoms with Gasteiger partial charge in [-0.1, -0.05) is 0 Å². The number of fused-ring (bicyclic) bond motifs is 2. The van der Waals surface area contributed by atoms with E-state index in [1.807, 2.05) is 0 Å². The van der Waals surface area contributed by atoms with Crippen LogP contribution < -0.4 is 22.2 Å². The van der Waals surface area contributed by atoms with Crippen LogP contribution in [0.2, 0.25) is 0 Å². The summed E-state index contributed by atoms with van der Waals surface area (Å²) in [7, 11) is 0. The number of hydrogen-bond donors (Lipinski definition) is 0. The Kier molecular flexibility index (Phi) is 4.27. The van der Waals surface area contributed by atoms with Crippen LogP contribution in [0, 0.1) is 0 Å². The molecule has 8 heteroatoms. The van der Waals surface area contributed by atoms with Crippen molar-refractivity contribution >= 4 is 33.1 Å². The Bertz CT molecular complexity index is 1090. The van der Waals surface area contributed by atoms with Gasteiger partial charge < -0.3 is 0 Å². The van der Waals surface area contributed by atoms with Gasteiger partial charge in [0.05, 0.1) is 21.5 Å². The lowest BCUT2D eigenvalue weighted by Crippen LogP contribution is -2.27. The smallest absolute Gasteiger partial charge is 0.261 e. The molecule has 0 amide bonds. The summed E-state index contributed by atoms with van der Waals surface area (Å²) >= 11 is 0. The van der Waals surface area contributed by atoms with Crippen LogP contribution >= 0.6 is 0 Å². The lowest BCUT2D eigenvalue weighted by molar-refractivity contribution is -0.118. The predicted octanol–water partition coefficient (Wildman–Crippen LogP) is -0.129. The normalized spacial score (nSPS) is 11.5. The molecule has 0 aliphatic heterocycles. The van der Waals surface area contributed by atoms with Gasteiger partial charge in [0.25, 0.3) is 22.2 Å². The molecule has 134 valence electrons. The first-order valence-corrected chi connectivity index (χ1v) is 8.11. The van der Waals surface area contributed by atoms with Crippen LogP contribution in [0.3, 0.4) is 0 Å². The quantitative estimate of drug-likeness (QED) is 0.608. The number of benzene rings is 1. The summed E-state index contributed by atoms with van der Waals surface area (Å²) in [5.41, 5.74) is -2.35. The molecule has 0 saturated heterocycles. The summed E-state index contributed by atoms with van der Waals surface area (Å²) in [6.45, 7) is 2.64. The Morgan fingerprint density at radius 3 is 1.15 bits per heavy atom. The molecule has 2 aromatic heterocycles. The van der Waals surface area contributed by atoms with Crippen molar-refractivity contribution < 1.29 is 9.59 Å². The first-order valence-electron chi connectivity index (χ1n) is 8.11. The molecule has 26 heavy (non-hydrogen) atoms. The summed E-state index contributed by atoms with van der Waals surface area (Å²) in [6.07, 6.45) is 0.0870. The minimum Gasteiger partial charge on any atom is -0.300 e. The van der Waals surface area contributed by atoms with E-state index in [0.717, 1.165) is 9.13 Å². The number of aromatic nitrogens is 2. The lowest BCUT2D eigenvalue weighted by Gasteiger charge is -1.96. The van der Waals surface area contributed by atoms with Gasteiger partial charge in [0.15, 0.2) is 0 Å². The molecule has 0 saturated carbocycles. The van der Waals surface area contributed by atoms with E-state index in [2.05, 4.69) is 0 Å². The third-order valence-corrected chi connectivity index (χ3v) is 4.43. The van der Waals surface area contributed by atoms with Crippen molar-refractivity contribution in [2.45, 2.75) is 39.8 Å². The third kappa shape index (κ3) is 2.73. The van der Waals surface area contributed by atoms with Gasteiger partial charge in [0.2, 0.25) is 0 Å². The Hall–Kier alpha value is -3.16. The average molecular weight is 356 g/mol. The SMILES string of the molecule is CC(=O)CCn1c(=O)c2cc3c(=O)n(CCC(C)=O)c(=O)c3cc2c1=O. The molecule has 0 atom stereocenters. The molecule has 8 nitrogen and oxygen atoms in total. The number of carbonyl (C=O) groups is 2. The molecule has 0 bridgehead atoms. The molecular formula is C18H16N2O6. The minimum absolute atomic E-state index is 0.0427. The zero-order chi connectivity index (χ0) is 19.2. The Morgan fingerprint density at radius 2 is 0.923 bits per heavy atom. The van der Waals surface area contributed by atoms with Crippen LogP contribution in [0.15, 0.2) is 31.3 Å². The van der Waals surface area contributed by atoms with E-state index in [4.69, 9.17) is 0 Å². The van der Waals surface area contributed by atoms with Crippen LogP contribution in [-0.4, -0.2) is 20.7 Å². The van der Waals surface area contributed by atoms with E-state index in [1.54, 1.807) is 0 Å². The summed E-state index contributed by atoms with van der Waals surface area (Å²) in [5.74, 6) is -0.314. The van der Waals surface area contributed by atoms with Crippen LogP contribution in [0.5, 0.6) is 0 Å². The van der Waals surface area contributed by atoms with Crippen molar-refractivity contribution in [3.63, 3.8) is 0 Å². The van der Waals surface area contributed by atoms with Crippen molar-refractivity contribution in [2.75, 3.05) is 0 Å². The molecule has 0 fully saturated rings. The molecule has 0 radical (unpaired) electrons. The van der Waals surface area contributed by atoms with Crippen LogP contribution in [0.25, 0.3) is 21.5 Å². The first-order chi connectivity index (χ1) is 12.2. The molecule has 1 aromatic carbocycles. The van der Waals surface area contributed by atoms with Crippen LogP contribution in [0.4, 0.5) is 0 Å². The second kappa shape index (κ2) is 6.29. The molecule has 0 unspecified atom stereocenters. The fourth-order valence-corrected chi connectivity index (χ4v) is 3.02. The highest BCUT2D eigenvalue weighted by Gasteiger charge is 2.19. The van der Waals surface area contributed by atoms with Crippen molar-refractivity contribution in [3.05, 3.63) is 53.5 Å². The number of carbonyl (C=O) groups excluding carboxylic acids is 2. The number of Topliss-reactive ketones (excluding diaryl/α,β-unsaturated/α-hetero) is 2. The van der Waals surface area contributed by atoms with Gasteiger partial charge in [-0.3, -0.25) is 37.9 Å². The molecular weight excluding hydrogens is 340 g/mol. The van der Waals surface area contributed by atoms with Gasteiger partial charge in [-0.2, -0.15) is 0 Å². The second-order valence-electron chi connectivity index (χ2n) is 6.37. The Morgan fingerprint density at radius 1 is 0.654 bits per heavy atom. The van der Waals surface area contributed by atoms with Gasteiger partial charge in [0, 0.05) is 25.9 Å². The van der Waals surface area contributed by atoms with E-state index in [1.165, 1.54) is 26.0 Å². The highest BCUT2D eigenvalue weighted by Crippen LogP contribution is 2.14. The van der Waals surface area contributed by atoms with Crippen molar-refractivity contribution in [1.29, 1.82) is 0 Å². The number of nitrogens with zero attached hydrogens (tertiary/aromatic N) is 2. The maximum atomic E-state index is 12.4. The third-order valence-electron chi connectivity index (χ3n) is 4.43. The standard InChI is InChI=1S/C18H16N2O6/c1-9(21)3-5-19-15(23)11-7-13-14(8-12(11)16(19)24)18(26)20(17(13)25)6-4-10(2)22/h7-8H,3-6H2,1-2H3. The first kappa shape index (κ1) is 17.7. The van der Waals surface area contributed by atoms with Crippen LogP contribution in [-0.2, 0) is 22.7 Å². The number of rotatable bonds is 6. The maximum absolute atomic E-state index is 12.4. The zero-order valence-electron chi connectivity index (χ0n) is 14.3. The molecule has 0 aliphatic carbocycles. The van der Waals surface area contributed by atoms with Gasteiger partial charge >= 0.3 is 0 Å². The van der Waals surface area contributed by atoms with Crippen LogP contribution in [0.1, 0.15) is 26.7 Å². The van der Waals surface area contributed by atoms with E-state index in [0.29, 0.717) is 0 Å². The Labute approximate surface area is 146 Å². The van der Waals surface area contributed by atoms with Gasteiger partial charge in [-0.05, 0) is 26.0 Å². The largest absolute Gasteiger partial charge is 0.300 e. The fraction of sp³-hybridized carbons (Fsp3) is 0.333. The molecule has 3 aromatic rings. The summed E-state index contributed by atoms with van der Waals surface area (Å²) in [4.78, 5) is 72.0. The molecule has 0 aliphatic rings. The predicted molar refractivity (Wildman–Crippen MR) is 95.5 cm³/mol. The average Bonchev–Trinajstić information content (AvgIpc) is 2.95. The molecule has 3 rings (SSSR count). The summed E-state index contributed by atoms with van der Waals surface area (Å²) in [5, 5.41) is 0.192. The number of hydrogen-bond acceptors (Lipinski definition) is 6.